The predicted octanol–water partition coefficient (Wildman–Crippen LogP) is 0.994. The Kier molecular flexibility index (Phi) is 3.16. The minimum atomic E-state index is 0.316. The van der Waals surface area contributed by atoms with Crippen molar-refractivity contribution in [2.24, 2.45) is 5.92 Å². The summed E-state index contributed by atoms with van der Waals surface area (Å²) in [6.07, 6.45) is 3.72. The Morgan fingerprint density at radius 1 is 1.40 bits per heavy atom. The lowest BCUT2D eigenvalue weighted by Crippen LogP contribution is -2.35. The van der Waals surface area contributed by atoms with Gasteiger partial charge in [-0.2, -0.15) is 0 Å². The highest BCUT2D eigenvalue weighted by molar-refractivity contribution is 5.38. The topological polar surface area (TPSA) is 49.2 Å². The van der Waals surface area contributed by atoms with Gasteiger partial charge in [-0.05, 0) is 25.7 Å². The van der Waals surface area contributed by atoms with Gasteiger partial charge >= 0.3 is 0 Å². The summed E-state index contributed by atoms with van der Waals surface area (Å²) < 4.78 is 0. The van der Waals surface area contributed by atoms with Gasteiger partial charge in [-0.3, -0.25) is 0 Å². The van der Waals surface area contributed by atoms with E-state index in [2.05, 4.69) is 14.9 Å². The molecule has 2 heterocycles. The van der Waals surface area contributed by atoms with Crippen molar-refractivity contribution in [3.05, 3.63) is 18.1 Å². The SMILES string of the molecule is Cc1cc(N2CCC(CO)CC2)ncn1. The number of rotatable bonds is 2. The quantitative estimate of drug-likeness (QED) is 0.785. The summed E-state index contributed by atoms with van der Waals surface area (Å²) in [5.74, 6) is 1.49. The van der Waals surface area contributed by atoms with Crippen molar-refractivity contribution in [2.45, 2.75) is 19.8 Å². The van der Waals surface area contributed by atoms with Crippen molar-refractivity contribution in [3.8, 4) is 0 Å². The molecule has 1 aromatic rings. The van der Waals surface area contributed by atoms with E-state index < -0.39 is 0 Å². The number of aliphatic hydroxyl groups is 1. The molecule has 0 bridgehead atoms. The molecular weight excluding hydrogens is 190 g/mol. The zero-order valence-corrected chi connectivity index (χ0v) is 9.06. The van der Waals surface area contributed by atoms with E-state index in [1.54, 1.807) is 6.33 Å². The maximum absolute atomic E-state index is 9.05. The van der Waals surface area contributed by atoms with E-state index in [1.165, 1.54) is 0 Å². The van der Waals surface area contributed by atoms with E-state index in [9.17, 15) is 0 Å². The molecule has 0 aliphatic carbocycles. The fourth-order valence-corrected chi connectivity index (χ4v) is 1.96. The fraction of sp³-hybridized carbons (Fsp3) is 0.636. The lowest BCUT2D eigenvalue weighted by Gasteiger charge is -2.31. The molecule has 82 valence electrons. The highest BCUT2D eigenvalue weighted by Crippen LogP contribution is 2.21. The molecule has 0 radical (unpaired) electrons. The Labute approximate surface area is 90.0 Å². The number of nitrogens with zero attached hydrogens (tertiary/aromatic N) is 3. The van der Waals surface area contributed by atoms with Crippen molar-refractivity contribution < 1.29 is 5.11 Å². The van der Waals surface area contributed by atoms with Crippen LogP contribution in [0.15, 0.2) is 12.4 Å². The van der Waals surface area contributed by atoms with Crippen molar-refractivity contribution in [1.29, 1.82) is 0 Å². The van der Waals surface area contributed by atoms with E-state index in [0.29, 0.717) is 12.5 Å². The fourth-order valence-electron chi connectivity index (χ4n) is 1.96. The van der Waals surface area contributed by atoms with Crippen LogP contribution in [0, 0.1) is 12.8 Å². The van der Waals surface area contributed by atoms with Crippen LogP contribution in [0.4, 0.5) is 5.82 Å². The molecule has 0 unspecified atom stereocenters. The van der Waals surface area contributed by atoms with E-state index in [4.69, 9.17) is 5.11 Å². The predicted molar refractivity (Wildman–Crippen MR) is 58.8 cm³/mol. The van der Waals surface area contributed by atoms with Gasteiger partial charge in [0, 0.05) is 31.5 Å². The van der Waals surface area contributed by atoms with E-state index in [-0.39, 0.29) is 0 Å². The van der Waals surface area contributed by atoms with E-state index in [0.717, 1.165) is 37.4 Å². The molecule has 1 fully saturated rings. The van der Waals surface area contributed by atoms with Gasteiger partial charge in [-0.25, -0.2) is 9.97 Å². The Morgan fingerprint density at radius 3 is 2.73 bits per heavy atom. The molecule has 1 aromatic heterocycles. The Hall–Kier alpha value is -1.16. The third kappa shape index (κ3) is 2.45. The van der Waals surface area contributed by atoms with Crippen LogP contribution in [-0.2, 0) is 0 Å². The molecule has 1 aliphatic rings. The molecule has 1 aliphatic heterocycles. The minimum absolute atomic E-state index is 0.316. The smallest absolute Gasteiger partial charge is 0.132 e. The maximum atomic E-state index is 9.05. The zero-order valence-electron chi connectivity index (χ0n) is 9.06. The van der Waals surface area contributed by atoms with Crippen molar-refractivity contribution in [2.75, 3.05) is 24.6 Å². The summed E-state index contributed by atoms with van der Waals surface area (Å²) in [5.41, 5.74) is 1.00. The average molecular weight is 207 g/mol. The number of aliphatic hydroxyl groups excluding tert-OH is 1. The Balaban J connectivity index is 2.01. The van der Waals surface area contributed by atoms with Crippen molar-refractivity contribution in [1.82, 2.24) is 9.97 Å². The van der Waals surface area contributed by atoms with Crippen LogP contribution in [0.5, 0.6) is 0 Å². The van der Waals surface area contributed by atoms with Crippen LogP contribution in [0.3, 0.4) is 0 Å². The number of anilines is 1. The van der Waals surface area contributed by atoms with E-state index in [1.807, 2.05) is 13.0 Å². The lowest BCUT2D eigenvalue weighted by molar-refractivity contribution is 0.203. The molecule has 0 aromatic carbocycles. The molecule has 0 spiro atoms. The summed E-state index contributed by atoms with van der Waals surface area (Å²) in [7, 11) is 0. The normalized spacial score (nSPS) is 18.1. The first kappa shape index (κ1) is 10.4. The Morgan fingerprint density at radius 2 is 2.13 bits per heavy atom. The molecule has 4 nitrogen and oxygen atoms in total. The van der Waals surface area contributed by atoms with Crippen LogP contribution >= 0.6 is 0 Å². The second-order valence-electron chi connectivity index (χ2n) is 4.13. The van der Waals surface area contributed by atoms with Crippen LogP contribution in [-0.4, -0.2) is 34.8 Å². The summed E-state index contributed by atoms with van der Waals surface area (Å²) in [4.78, 5) is 10.6. The van der Waals surface area contributed by atoms with Crippen LogP contribution < -0.4 is 4.90 Å². The molecule has 0 amide bonds. The maximum Gasteiger partial charge on any atom is 0.132 e. The molecule has 0 saturated carbocycles. The highest BCUT2D eigenvalue weighted by atomic mass is 16.3. The first-order valence-corrected chi connectivity index (χ1v) is 5.44. The molecule has 4 heteroatoms. The van der Waals surface area contributed by atoms with E-state index >= 15 is 0 Å². The van der Waals surface area contributed by atoms with Crippen molar-refractivity contribution in [3.63, 3.8) is 0 Å². The van der Waals surface area contributed by atoms with Gasteiger partial charge in [0.15, 0.2) is 0 Å². The average Bonchev–Trinajstić information content (AvgIpc) is 2.29. The first-order chi connectivity index (χ1) is 7.29. The summed E-state index contributed by atoms with van der Waals surface area (Å²) >= 11 is 0. The molecule has 1 N–H and O–H groups in total. The zero-order chi connectivity index (χ0) is 10.7. The van der Waals surface area contributed by atoms with Crippen molar-refractivity contribution >= 4 is 5.82 Å². The number of aryl methyl sites for hydroxylation is 1. The first-order valence-electron chi connectivity index (χ1n) is 5.44. The molecule has 2 rings (SSSR count). The summed E-state index contributed by atoms with van der Waals surface area (Å²) in [6.45, 7) is 4.27. The van der Waals surface area contributed by atoms with Gasteiger partial charge in [0.1, 0.15) is 12.1 Å². The monoisotopic (exact) mass is 207 g/mol. The number of hydrogen-bond acceptors (Lipinski definition) is 4. The standard InChI is InChI=1S/C11H17N3O/c1-9-6-11(13-8-12-9)14-4-2-10(7-15)3-5-14/h6,8,10,15H,2-5,7H2,1H3. The van der Waals surface area contributed by atoms with Gasteiger partial charge in [-0.1, -0.05) is 0 Å². The van der Waals surface area contributed by atoms with Crippen LogP contribution in [0.1, 0.15) is 18.5 Å². The minimum Gasteiger partial charge on any atom is -0.396 e. The number of hydrogen-bond donors (Lipinski definition) is 1. The van der Waals surface area contributed by atoms with Crippen LogP contribution in [0.25, 0.3) is 0 Å². The second-order valence-corrected chi connectivity index (χ2v) is 4.13. The number of aromatic nitrogens is 2. The second kappa shape index (κ2) is 4.57. The van der Waals surface area contributed by atoms with Gasteiger partial charge in [0.25, 0.3) is 0 Å². The highest BCUT2D eigenvalue weighted by Gasteiger charge is 2.19. The van der Waals surface area contributed by atoms with Gasteiger partial charge in [-0.15, -0.1) is 0 Å². The molecular formula is C11H17N3O. The third-order valence-electron chi connectivity index (χ3n) is 2.99. The molecule has 0 atom stereocenters. The summed E-state index contributed by atoms with van der Waals surface area (Å²) in [5, 5.41) is 9.05. The largest absolute Gasteiger partial charge is 0.396 e. The number of piperidine rings is 1. The molecule has 15 heavy (non-hydrogen) atoms. The summed E-state index contributed by atoms with van der Waals surface area (Å²) in [6, 6.07) is 2.01. The molecule has 1 saturated heterocycles. The van der Waals surface area contributed by atoms with Gasteiger partial charge in [0.05, 0.1) is 0 Å². The van der Waals surface area contributed by atoms with Gasteiger partial charge < -0.3 is 10.0 Å². The van der Waals surface area contributed by atoms with Gasteiger partial charge in [0.2, 0.25) is 0 Å². The lowest BCUT2D eigenvalue weighted by atomic mass is 9.98. The third-order valence-corrected chi connectivity index (χ3v) is 2.99. The Bertz CT molecular complexity index is 321. The van der Waals surface area contributed by atoms with Crippen LogP contribution in [0.2, 0.25) is 0 Å².